The van der Waals surface area contributed by atoms with E-state index in [2.05, 4.69) is 15.6 Å². The van der Waals surface area contributed by atoms with Gasteiger partial charge in [0.15, 0.2) is 15.8 Å². The number of nitrogens with one attached hydrogen (secondary N) is 2. The first-order valence-electron chi connectivity index (χ1n) is 8.35. The molecule has 0 radical (unpaired) electrons. The number of hydrogen-bond donors (Lipinski definition) is 2. The smallest absolute Gasteiger partial charge is 0.269 e. The Kier molecular flexibility index (Phi) is 6.72. The lowest BCUT2D eigenvalue weighted by molar-refractivity contribution is -0.384. The van der Waals surface area contributed by atoms with Crippen molar-refractivity contribution in [3.63, 3.8) is 0 Å². The predicted molar refractivity (Wildman–Crippen MR) is 101 cm³/mol. The summed E-state index contributed by atoms with van der Waals surface area (Å²) in [5, 5.41) is 16.6. The molecule has 1 aliphatic heterocycles. The molecule has 0 bridgehead atoms. The Morgan fingerprint density at radius 2 is 2.00 bits per heavy atom. The third-order valence-electron chi connectivity index (χ3n) is 4.05. The van der Waals surface area contributed by atoms with Crippen LogP contribution in [-0.2, 0) is 21.2 Å². The molecule has 1 aliphatic rings. The number of nitro benzene ring substituents is 1. The average Bonchev–Trinajstić information content (AvgIpc) is 2.95. The second kappa shape index (κ2) is 8.80. The van der Waals surface area contributed by atoms with Crippen molar-refractivity contribution < 1.29 is 18.1 Å². The molecule has 1 saturated heterocycles. The lowest BCUT2D eigenvalue weighted by Crippen LogP contribution is -2.47. The van der Waals surface area contributed by atoms with Crippen LogP contribution in [0.3, 0.4) is 0 Å². The van der Waals surface area contributed by atoms with Crippen molar-refractivity contribution in [2.24, 2.45) is 4.99 Å². The number of rotatable bonds is 6. The van der Waals surface area contributed by atoms with E-state index in [1.54, 1.807) is 26.2 Å². The van der Waals surface area contributed by atoms with E-state index in [0.29, 0.717) is 12.4 Å². The highest BCUT2D eigenvalue weighted by Gasteiger charge is 2.28. The molecular weight excluding hydrogens is 374 g/mol. The van der Waals surface area contributed by atoms with Gasteiger partial charge in [-0.25, -0.2) is 13.4 Å². The van der Waals surface area contributed by atoms with E-state index < -0.39 is 14.8 Å². The highest BCUT2D eigenvalue weighted by molar-refractivity contribution is 7.91. The standard InChI is InChI=1S/C16H23N5O5S/c1-20(2)15(22)10-18-16(19-13-7-8-27(25,26)11-13)17-9-12-3-5-14(6-4-12)21(23)24/h3-6,13H,7-11H2,1-2H3,(H2,17,18,19). The van der Waals surface area contributed by atoms with E-state index in [1.807, 2.05) is 0 Å². The number of aliphatic imine (C=N–C) groups is 1. The summed E-state index contributed by atoms with van der Waals surface area (Å²) in [5.74, 6) is 0.314. The van der Waals surface area contributed by atoms with Gasteiger partial charge in [0.25, 0.3) is 5.69 Å². The maximum absolute atomic E-state index is 11.8. The van der Waals surface area contributed by atoms with E-state index >= 15 is 0 Å². The number of non-ortho nitro benzene ring substituents is 1. The largest absolute Gasteiger partial charge is 0.353 e. The zero-order valence-electron chi connectivity index (χ0n) is 15.2. The third kappa shape index (κ3) is 6.51. The van der Waals surface area contributed by atoms with Crippen LogP contribution < -0.4 is 10.6 Å². The molecule has 10 nitrogen and oxygen atoms in total. The molecular formula is C16H23N5O5S. The summed E-state index contributed by atoms with van der Waals surface area (Å²) in [6, 6.07) is 5.72. The van der Waals surface area contributed by atoms with Crippen LogP contribution >= 0.6 is 0 Å². The van der Waals surface area contributed by atoms with Crippen LogP contribution in [0.15, 0.2) is 29.3 Å². The molecule has 1 atom stereocenters. The minimum atomic E-state index is -3.05. The number of guanidine groups is 1. The zero-order valence-corrected chi connectivity index (χ0v) is 16.0. The molecule has 11 heteroatoms. The average molecular weight is 397 g/mol. The lowest BCUT2D eigenvalue weighted by Gasteiger charge is -2.18. The number of amides is 1. The van der Waals surface area contributed by atoms with Crippen LogP contribution in [0.2, 0.25) is 0 Å². The SMILES string of the molecule is CN(C)C(=O)CNC(=NCc1ccc([N+](=O)[O-])cc1)NC1CCS(=O)(=O)C1. The van der Waals surface area contributed by atoms with Gasteiger partial charge >= 0.3 is 0 Å². The summed E-state index contributed by atoms with van der Waals surface area (Å²) >= 11 is 0. The molecule has 2 N–H and O–H groups in total. The van der Waals surface area contributed by atoms with E-state index in [1.165, 1.54) is 17.0 Å². The Morgan fingerprint density at radius 1 is 1.33 bits per heavy atom. The van der Waals surface area contributed by atoms with Gasteiger partial charge in [-0.1, -0.05) is 12.1 Å². The van der Waals surface area contributed by atoms with Crippen molar-refractivity contribution in [1.29, 1.82) is 0 Å². The number of sulfone groups is 1. The van der Waals surface area contributed by atoms with Crippen molar-refractivity contribution in [1.82, 2.24) is 15.5 Å². The van der Waals surface area contributed by atoms with E-state index in [-0.39, 0.29) is 42.2 Å². The van der Waals surface area contributed by atoms with Gasteiger partial charge in [-0.05, 0) is 12.0 Å². The number of nitrogens with zero attached hydrogens (tertiary/aromatic N) is 3. The zero-order chi connectivity index (χ0) is 20.0. The van der Waals surface area contributed by atoms with Gasteiger partial charge in [0.1, 0.15) is 0 Å². The van der Waals surface area contributed by atoms with Gasteiger partial charge < -0.3 is 15.5 Å². The number of nitro groups is 1. The molecule has 148 valence electrons. The molecule has 0 aliphatic carbocycles. The van der Waals surface area contributed by atoms with Crippen molar-refractivity contribution >= 4 is 27.4 Å². The first kappa shape index (κ1) is 20.6. The molecule has 1 unspecified atom stereocenters. The fourth-order valence-electron chi connectivity index (χ4n) is 2.47. The first-order valence-corrected chi connectivity index (χ1v) is 10.2. The normalized spacial score (nSPS) is 18.7. The van der Waals surface area contributed by atoms with E-state index in [4.69, 9.17) is 0 Å². The number of hydrogen-bond acceptors (Lipinski definition) is 6. The summed E-state index contributed by atoms with van der Waals surface area (Å²) in [5.41, 5.74) is 0.742. The van der Waals surface area contributed by atoms with E-state index in [9.17, 15) is 23.3 Å². The Balaban J connectivity index is 2.06. The topological polar surface area (TPSA) is 134 Å². The van der Waals surface area contributed by atoms with Gasteiger partial charge in [-0.15, -0.1) is 0 Å². The van der Waals surface area contributed by atoms with Crippen molar-refractivity contribution in [2.75, 3.05) is 32.1 Å². The van der Waals surface area contributed by atoms with Gasteiger partial charge in [-0.3, -0.25) is 14.9 Å². The second-order valence-electron chi connectivity index (χ2n) is 6.47. The molecule has 2 rings (SSSR count). The van der Waals surface area contributed by atoms with Crippen LogP contribution in [-0.4, -0.2) is 68.3 Å². The monoisotopic (exact) mass is 397 g/mol. The summed E-state index contributed by atoms with van der Waals surface area (Å²) in [6.07, 6.45) is 0.474. The van der Waals surface area contributed by atoms with Crippen LogP contribution in [0, 0.1) is 10.1 Å². The second-order valence-corrected chi connectivity index (χ2v) is 8.70. The molecule has 1 aromatic carbocycles. The van der Waals surface area contributed by atoms with E-state index in [0.717, 1.165) is 5.56 Å². The fraction of sp³-hybridized carbons (Fsp3) is 0.500. The molecule has 27 heavy (non-hydrogen) atoms. The van der Waals surface area contributed by atoms with Crippen LogP contribution in [0.1, 0.15) is 12.0 Å². The summed E-state index contributed by atoms with van der Waals surface area (Å²) in [7, 11) is 0.217. The Bertz CT molecular complexity index is 820. The molecule has 0 spiro atoms. The Hall–Kier alpha value is -2.69. The summed E-state index contributed by atoms with van der Waals surface area (Å²) < 4.78 is 23.3. The molecule has 1 heterocycles. The quantitative estimate of drug-likeness (QED) is 0.296. The lowest BCUT2D eigenvalue weighted by atomic mass is 10.2. The van der Waals surface area contributed by atoms with Crippen LogP contribution in [0.25, 0.3) is 0 Å². The molecule has 0 aromatic heterocycles. The summed E-state index contributed by atoms with van der Waals surface area (Å²) in [4.78, 5) is 27.8. The van der Waals surface area contributed by atoms with Gasteiger partial charge in [0.2, 0.25) is 5.91 Å². The highest BCUT2D eigenvalue weighted by atomic mass is 32.2. The Morgan fingerprint density at radius 3 is 2.52 bits per heavy atom. The van der Waals surface area contributed by atoms with Crippen molar-refractivity contribution in [3.8, 4) is 0 Å². The molecule has 1 aromatic rings. The molecule has 0 saturated carbocycles. The molecule has 1 fully saturated rings. The number of benzene rings is 1. The van der Waals surface area contributed by atoms with Gasteiger partial charge in [-0.2, -0.15) is 0 Å². The number of carbonyl (C=O) groups is 1. The molecule has 1 amide bonds. The highest BCUT2D eigenvalue weighted by Crippen LogP contribution is 2.13. The van der Waals surface area contributed by atoms with Crippen molar-refractivity contribution in [3.05, 3.63) is 39.9 Å². The third-order valence-corrected chi connectivity index (χ3v) is 5.81. The van der Waals surface area contributed by atoms with Crippen LogP contribution in [0.4, 0.5) is 5.69 Å². The Labute approximate surface area is 157 Å². The van der Waals surface area contributed by atoms with Crippen LogP contribution in [0.5, 0.6) is 0 Å². The number of likely N-dealkylation sites (N-methyl/N-ethyl adjacent to an activating group) is 1. The minimum absolute atomic E-state index is 0.00746. The predicted octanol–water partition coefficient (Wildman–Crippen LogP) is -0.0947. The summed E-state index contributed by atoms with van der Waals surface area (Å²) in [6.45, 7) is 0.238. The maximum Gasteiger partial charge on any atom is 0.269 e. The number of carbonyl (C=O) groups excluding carboxylic acids is 1. The van der Waals surface area contributed by atoms with Gasteiger partial charge in [0.05, 0.1) is 29.5 Å². The van der Waals surface area contributed by atoms with Gasteiger partial charge in [0, 0.05) is 32.3 Å². The van der Waals surface area contributed by atoms with Crippen molar-refractivity contribution in [2.45, 2.75) is 19.0 Å². The minimum Gasteiger partial charge on any atom is -0.353 e. The fourth-order valence-corrected chi connectivity index (χ4v) is 4.14. The first-order chi connectivity index (χ1) is 12.7. The maximum atomic E-state index is 11.8.